The predicted molar refractivity (Wildman–Crippen MR) is 64.1 cm³/mol. The highest BCUT2D eigenvalue weighted by molar-refractivity contribution is 5.82. The van der Waals surface area contributed by atoms with Gasteiger partial charge < -0.3 is 15.7 Å². The maximum Gasteiger partial charge on any atom is 0.237 e. The van der Waals surface area contributed by atoms with E-state index in [1.54, 1.807) is 6.92 Å². The maximum absolute atomic E-state index is 11.7. The summed E-state index contributed by atoms with van der Waals surface area (Å²) in [6.07, 6.45) is 2.66. The van der Waals surface area contributed by atoms with E-state index in [1.165, 1.54) is 0 Å². The van der Waals surface area contributed by atoms with Crippen molar-refractivity contribution in [3.8, 4) is 0 Å². The van der Waals surface area contributed by atoms with Crippen molar-refractivity contribution in [1.29, 1.82) is 0 Å². The van der Waals surface area contributed by atoms with Gasteiger partial charge in [0.1, 0.15) is 0 Å². The molecule has 4 heteroatoms. The van der Waals surface area contributed by atoms with Gasteiger partial charge in [0.15, 0.2) is 0 Å². The Bertz CT molecular complexity index is 233. The van der Waals surface area contributed by atoms with Crippen LogP contribution in [0.1, 0.15) is 40.0 Å². The summed E-state index contributed by atoms with van der Waals surface area (Å²) < 4.78 is 0. The fraction of sp³-hybridized carbons (Fsp3) is 0.917. The lowest BCUT2D eigenvalue weighted by molar-refractivity contribution is -0.124. The summed E-state index contributed by atoms with van der Waals surface area (Å²) in [5, 5.41) is 16.0. The van der Waals surface area contributed by atoms with Crippen LogP contribution in [-0.4, -0.2) is 35.7 Å². The van der Waals surface area contributed by atoms with E-state index in [4.69, 9.17) is 0 Å². The fourth-order valence-electron chi connectivity index (χ4n) is 2.26. The quantitative estimate of drug-likeness (QED) is 0.647. The van der Waals surface area contributed by atoms with Gasteiger partial charge in [-0.25, -0.2) is 0 Å². The number of aliphatic hydroxyl groups is 1. The van der Waals surface area contributed by atoms with Crippen LogP contribution in [0.15, 0.2) is 0 Å². The number of carbonyl (C=O) groups is 1. The first-order chi connectivity index (χ1) is 7.41. The zero-order chi connectivity index (χ0) is 12.2. The third-order valence-corrected chi connectivity index (χ3v) is 2.87. The summed E-state index contributed by atoms with van der Waals surface area (Å²) in [6.45, 7) is 7.15. The minimum atomic E-state index is -0.803. The Morgan fingerprint density at radius 3 is 2.81 bits per heavy atom. The molecule has 0 aromatic heterocycles. The van der Waals surface area contributed by atoms with E-state index in [9.17, 15) is 9.90 Å². The van der Waals surface area contributed by atoms with Crippen molar-refractivity contribution in [3.05, 3.63) is 0 Å². The highest BCUT2D eigenvalue weighted by atomic mass is 16.3. The summed E-state index contributed by atoms with van der Waals surface area (Å²) in [7, 11) is 0. The average molecular weight is 228 g/mol. The van der Waals surface area contributed by atoms with Crippen LogP contribution in [0.4, 0.5) is 0 Å². The molecular formula is C12H24N2O2. The second-order valence-corrected chi connectivity index (χ2v) is 5.46. The van der Waals surface area contributed by atoms with Crippen LogP contribution < -0.4 is 10.6 Å². The largest absolute Gasteiger partial charge is 0.388 e. The van der Waals surface area contributed by atoms with E-state index in [-0.39, 0.29) is 11.9 Å². The van der Waals surface area contributed by atoms with Crippen LogP contribution >= 0.6 is 0 Å². The molecule has 0 saturated carbocycles. The lowest BCUT2D eigenvalue weighted by Crippen LogP contribution is -2.47. The third-order valence-electron chi connectivity index (χ3n) is 2.87. The van der Waals surface area contributed by atoms with Crippen LogP contribution in [0.25, 0.3) is 0 Å². The Labute approximate surface area is 97.8 Å². The molecule has 0 aromatic rings. The van der Waals surface area contributed by atoms with Crippen molar-refractivity contribution in [3.63, 3.8) is 0 Å². The zero-order valence-corrected chi connectivity index (χ0v) is 10.5. The number of rotatable bonds is 5. The molecule has 0 aromatic carbocycles. The molecule has 0 aliphatic carbocycles. The third kappa shape index (κ3) is 4.49. The smallest absolute Gasteiger partial charge is 0.237 e. The summed E-state index contributed by atoms with van der Waals surface area (Å²) in [4.78, 5) is 11.7. The van der Waals surface area contributed by atoms with Crippen LogP contribution in [0.5, 0.6) is 0 Å². The minimum Gasteiger partial charge on any atom is -0.388 e. The summed E-state index contributed by atoms with van der Waals surface area (Å²) in [5.41, 5.74) is -0.803. The average Bonchev–Trinajstić information content (AvgIpc) is 2.64. The van der Waals surface area contributed by atoms with Gasteiger partial charge in [0.25, 0.3) is 0 Å². The van der Waals surface area contributed by atoms with Gasteiger partial charge in [-0.3, -0.25) is 4.79 Å². The van der Waals surface area contributed by atoms with Crippen molar-refractivity contribution < 1.29 is 9.90 Å². The van der Waals surface area contributed by atoms with Crippen LogP contribution in [0, 0.1) is 5.92 Å². The Morgan fingerprint density at radius 2 is 2.31 bits per heavy atom. The SMILES string of the molecule is CC(C)CC(C)(O)CNC(=O)C1CCCN1. The van der Waals surface area contributed by atoms with Gasteiger partial charge in [-0.15, -0.1) is 0 Å². The Hall–Kier alpha value is -0.610. The van der Waals surface area contributed by atoms with Gasteiger partial charge >= 0.3 is 0 Å². The highest BCUT2D eigenvalue weighted by Crippen LogP contribution is 2.15. The predicted octanol–water partition coefficient (Wildman–Crippen LogP) is 0.652. The summed E-state index contributed by atoms with van der Waals surface area (Å²) >= 11 is 0. The lowest BCUT2D eigenvalue weighted by Gasteiger charge is -2.26. The van der Waals surface area contributed by atoms with E-state index in [1.807, 2.05) is 0 Å². The van der Waals surface area contributed by atoms with Crippen molar-refractivity contribution in [2.45, 2.75) is 51.7 Å². The molecule has 1 amide bonds. The van der Waals surface area contributed by atoms with Gasteiger partial charge in [0.05, 0.1) is 11.6 Å². The maximum atomic E-state index is 11.7. The Kier molecular flexibility index (Phi) is 4.74. The molecule has 2 unspecified atom stereocenters. The molecule has 1 heterocycles. The monoisotopic (exact) mass is 228 g/mol. The molecule has 0 bridgehead atoms. The van der Waals surface area contributed by atoms with E-state index < -0.39 is 5.60 Å². The van der Waals surface area contributed by atoms with Crippen LogP contribution in [0.3, 0.4) is 0 Å². The minimum absolute atomic E-state index is 0.0153. The molecule has 1 rings (SSSR count). The first kappa shape index (κ1) is 13.5. The molecule has 2 atom stereocenters. The molecule has 1 saturated heterocycles. The standard InChI is InChI=1S/C12H24N2O2/c1-9(2)7-12(3,16)8-14-11(15)10-5-4-6-13-10/h9-10,13,16H,4-8H2,1-3H3,(H,14,15). The fourth-order valence-corrected chi connectivity index (χ4v) is 2.26. The Morgan fingerprint density at radius 1 is 1.62 bits per heavy atom. The molecular weight excluding hydrogens is 204 g/mol. The summed E-state index contributed by atoms with van der Waals surface area (Å²) in [5.74, 6) is 0.443. The number of hydrogen-bond acceptors (Lipinski definition) is 3. The molecule has 0 spiro atoms. The normalized spacial score (nSPS) is 24.4. The van der Waals surface area contributed by atoms with E-state index >= 15 is 0 Å². The van der Waals surface area contributed by atoms with Gasteiger partial charge in [-0.2, -0.15) is 0 Å². The molecule has 1 aliphatic heterocycles. The highest BCUT2D eigenvalue weighted by Gasteiger charge is 2.26. The molecule has 1 fully saturated rings. The molecule has 0 radical (unpaired) electrons. The van der Waals surface area contributed by atoms with E-state index in [2.05, 4.69) is 24.5 Å². The van der Waals surface area contributed by atoms with Crippen molar-refractivity contribution in [1.82, 2.24) is 10.6 Å². The molecule has 16 heavy (non-hydrogen) atoms. The van der Waals surface area contributed by atoms with E-state index in [0.717, 1.165) is 19.4 Å². The van der Waals surface area contributed by atoms with Gasteiger partial charge in [0, 0.05) is 6.54 Å². The molecule has 3 N–H and O–H groups in total. The molecule has 1 aliphatic rings. The van der Waals surface area contributed by atoms with Crippen molar-refractivity contribution in [2.24, 2.45) is 5.92 Å². The van der Waals surface area contributed by atoms with Gasteiger partial charge in [-0.05, 0) is 38.6 Å². The first-order valence-corrected chi connectivity index (χ1v) is 6.14. The molecule has 4 nitrogen and oxygen atoms in total. The zero-order valence-electron chi connectivity index (χ0n) is 10.5. The van der Waals surface area contributed by atoms with E-state index in [0.29, 0.717) is 18.9 Å². The summed E-state index contributed by atoms with van der Waals surface area (Å²) in [6, 6.07) is -0.0603. The number of hydrogen-bond donors (Lipinski definition) is 3. The number of carbonyl (C=O) groups excluding carboxylic acids is 1. The Balaban J connectivity index is 2.29. The molecule has 94 valence electrons. The van der Waals surface area contributed by atoms with Crippen molar-refractivity contribution in [2.75, 3.05) is 13.1 Å². The topological polar surface area (TPSA) is 61.4 Å². The lowest BCUT2D eigenvalue weighted by atomic mass is 9.94. The number of amides is 1. The van der Waals surface area contributed by atoms with Crippen molar-refractivity contribution >= 4 is 5.91 Å². The second kappa shape index (κ2) is 5.64. The first-order valence-electron chi connectivity index (χ1n) is 6.14. The van der Waals surface area contributed by atoms with Crippen LogP contribution in [-0.2, 0) is 4.79 Å². The van der Waals surface area contributed by atoms with Gasteiger partial charge in [-0.1, -0.05) is 13.8 Å². The van der Waals surface area contributed by atoms with Crippen LogP contribution in [0.2, 0.25) is 0 Å². The van der Waals surface area contributed by atoms with Gasteiger partial charge in [0.2, 0.25) is 5.91 Å². The second-order valence-electron chi connectivity index (χ2n) is 5.46. The number of nitrogens with one attached hydrogen (secondary N) is 2.